The zero-order chi connectivity index (χ0) is 14.4. The van der Waals surface area contributed by atoms with Crippen molar-refractivity contribution in [2.24, 2.45) is 0 Å². The van der Waals surface area contributed by atoms with E-state index in [0.717, 1.165) is 11.1 Å². The molecule has 1 aromatic heterocycles. The highest BCUT2D eigenvalue weighted by molar-refractivity contribution is 7.08. The summed E-state index contributed by atoms with van der Waals surface area (Å²) >= 11 is 1.52. The molecule has 106 valence electrons. The van der Waals surface area contributed by atoms with E-state index in [2.05, 4.69) is 10.6 Å². The van der Waals surface area contributed by atoms with E-state index >= 15 is 0 Å². The van der Waals surface area contributed by atoms with Crippen LogP contribution < -0.4 is 10.6 Å². The molecule has 0 spiro atoms. The number of hydrogen-bond donors (Lipinski definition) is 3. The van der Waals surface area contributed by atoms with Crippen molar-refractivity contribution in [2.45, 2.75) is 19.1 Å². The van der Waals surface area contributed by atoms with Crippen molar-refractivity contribution in [1.82, 2.24) is 10.6 Å². The Kier molecular flexibility index (Phi) is 4.76. The molecular weight excluding hydrogens is 272 g/mol. The molecule has 2 rings (SSSR count). The highest BCUT2D eigenvalue weighted by atomic mass is 32.1. The largest absolute Gasteiger partial charge is 0.384 e. The lowest BCUT2D eigenvalue weighted by Crippen LogP contribution is -2.43. The standard InChI is InChI=1S/C15H18N2O2S/c1-15(19,13-7-8-20-10-13)11-17-14(18)16-9-12-5-3-2-4-6-12/h2-8,10,19H,9,11H2,1H3,(H2,16,17,18). The Labute approximate surface area is 122 Å². The molecular formula is C15H18N2O2S. The zero-order valence-electron chi connectivity index (χ0n) is 11.3. The third-order valence-corrected chi connectivity index (χ3v) is 3.72. The van der Waals surface area contributed by atoms with Crippen LogP contribution in [0, 0.1) is 0 Å². The van der Waals surface area contributed by atoms with Gasteiger partial charge in [-0.1, -0.05) is 30.3 Å². The van der Waals surface area contributed by atoms with Crippen LogP contribution in [0.15, 0.2) is 47.2 Å². The molecule has 0 radical (unpaired) electrons. The van der Waals surface area contributed by atoms with Crippen molar-refractivity contribution >= 4 is 17.4 Å². The number of amides is 2. The Hall–Kier alpha value is -1.85. The van der Waals surface area contributed by atoms with Gasteiger partial charge in [-0.25, -0.2) is 4.79 Å². The van der Waals surface area contributed by atoms with E-state index < -0.39 is 5.60 Å². The Bertz CT molecular complexity index is 538. The van der Waals surface area contributed by atoms with Gasteiger partial charge in [0.25, 0.3) is 0 Å². The number of rotatable bonds is 5. The number of aliphatic hydroxyl groups is 1. The summed E-state index contributed by atoms with van der Waals surface area (Å²) < 4.78 is 0. The monoisotopic (exact) mass is 290 g/mol. The van der Waals surface area contributed by atoms with Gasteiger partial charge in [0, 0.05) is 6.54 Å². The average molecular weight is 290 g/mol. The Balaban J connectivity index is 1.78. The number of nitrogens with one attached hydrogen (secondary N) is 2. The predicted octanol–water partition coefficient (Wildman–Crippen LogP) is 2.46. The van der Waals surface area contributed by atoms with Crippen LogP contribution in [-0.2, 0) is 12.1 Å². The van der Waals surface area contributed by atoms with Gasteiger partial charge in [0.05, 0.1) is 6.54 Å². The lowest BCUT2D eigenvalue weighted by atomic mass is 9.99. The van der Waals surface area contributed by atoms with Crippen LogP contribution in [0.2, 0.25) is 0 Å². The van der Waals surface area contributed by atoms with E-state index in [1.54, 1.807) is 6.92 Å². The Morgan fingerprint density at radius 1 is 1.25 bits per heavy atom. The second-order valence-corrected chi connectivity index (χ2v) is 5.59. The molecule has 0 aliphatic rings. The van der Waals surface area contributed by atoms with Crippen LogP contribution in [0.4, 0.5) is 4.79 Å². The summed E-state index contributed by atoms with van der Waals surface area (Å²) in [6.45, 7) is 2.32. The normalized spacial score (nSPS) is 13.5. The molecule has 0 saturated carbocycles. The number of carbonyl (C=O) groups excluding carboxylic acids is 1. The lowest BCUT2D eigenvalue weighted by Gasteiger charge is -2.22. The second-order valence-electron chi connectivity index (χ2n) is 4.81. The smallest absolute Gasteiger partial charge is 0.315 e. The molecule has 0 bridgehead atoms. The fourth-order valence-electron chi connectivity index (χ4n) is 1.77. The summed E-state index contributed by atoms with van der Waals surface area (Å²) in [7, 11) is 0. The summed E-state index contributed by atoms with van der Waals surface area (Å²) in [5.41, 5.74) is 0.794. The van der Waals surface area contributed by atoms with Crippen molar-refractivity contribution in [3.05, 3.63) is 58.3 Å². The Morgan fingerprint density at radius 3 is 2.65 bits per heavy atom. The van der Waals surface area contributed by atoms with Crippen molar-refractivity contribution in [3.63, 3.8) is 0 Å². The van der Waals surface area contributed by atoms with Crippen molar-refractivity contribution in [1.29, 1.82) is 0 Å². The lowest BCUT2D eigenvalue weighted by molar-refractivity contribution is 0.0598. The summed E-state index contributed by atoms with van der Waals surface area (Å²) in [5.74, 6) is 0. The third kappa shape index (κ3) is 4.08. The SMILES string of the molecule is CC(O)(CNC(=O)NCc1ccccc1)c1ccsc1. The van der Waals surface area contributed by atoms with Crippen molar-refractivity contribution in [2.75, 3.05) is 6.54 Å². The molecule has 0 aliphatic heterocycles. The van der Waals surface area contributed by atoms with Gasteiger partial charge in [-0.05, 0) is 34.9 Å². The zero-order valence-corrected chi connectivity index (χ0v) is 12.1. The molecule has 1 unspecified atom stereocenters. The molecule has 5 heteroatoms. The number of urea groups is 1. The van der Waals surface area contributed by atoms with Crippen molar-refractivity contribution < 1.29 is 9.90 Å². The predicted molar refractivity (Wildman–Crippen MR) is 80.6 cm³/mol. The van der Waals surface area contributed by atoms with Gasteiger partial charge in [0.1, 0.15) is 5.60 Å². The minimum Gasteiger partial charge on any atom is -0.384 e. The van der Waals surface area contributed by atoms with Gasteiger partial charge in [0.15, 0.2) is 0 Å². The summed E-state index contributed by atoms with van der Waals surface area (Å²) in [5, 5.41) is 19.5. The minimum absolute atomic E-state index is 0.171. The number of thiophene rings is 1. The van der Waals surface area contributed by atoms with Crippen LogP contribution in [-0.4, -0.2) is 17.7 Å². The van der Waals surface area contributed by atoms with Gasteiger partial charge >= 0.3 is 6.03 Å². The molecule has 0 aliphatic carbocycles. The third-order valence-electron chi connectivity index (χ3n) is 3.03. The molecule has 4 nitrogen and oxygen atoms in total. The molecule has 1 aromatic carbocycles. The molecule has 1 heterocycles. The maximum absolute atomic E-state index is 11.7. The summed E-state index contributed by atoms with van der Waals surface area (Å²) in [4.78, 5) is 11.7. The molecule has 3 N–H and O–H groups in total. The van der Waals surface area contributed by atoms with E-state index in [1.807, 2.05) is 47.2 Å². The van der Waals surface area contributed by atoms with Crippen LogP contribution in [0.3, 0.4) is 0 Å². The van der Waals surface area contributed by atoms with Crippen LogP contribution in [0.1, 0.15) is 18.1 Å². The van der Waals surface area contributed by atoms with Crippen LogP contribution >= 0.6 is 11.3 Å². The van der Waals surface area contributed by atoms with Gasteiger partial charge < -0.3 is 15.7 Å². The first kappa shape index (κ1) is 14.6. The molecule has 2 amide bonds. The topological polar surface area (TPSA) is 61.4 Å². The van der Waals surface area contributed by atoms with Gasteiger partial charge in [-0.3, -0.25) is 0 Å². The Morgan fingerprint density at radius 2 is 2.00 bits per heavy atom. The first-order valence-corrected chi connectivity index (χ1v) is 7.33. The first-order valence-electron chi connectivity index (χ1n) is 6.38. The van der Waals surface area contributed by atoms with E-state index in [4.69, 9.17) is 0 Å². The number of benzene rings is 1. The van der Waals surface area contributed by atoms with Gasteiger partial charge in [0.2, 0.25) is 0 Å². The van der Waals surface area contributed by atoms with E-state index in [1.165, 1.54) is 11.3 Å². The molecule has 0 fully saturated rings. The quantitative estimate of drug-likeness (QED) is 0.792. The minimum atomic E-state index is -1.05. The fourth-order valence-corrected chi connectivity index (χ4v) is 2.55. The van der Waals surface area contributed by atoms with E-state index in [0.29, 0.717) is 6.54 Å². The van der Waals surface area contributed by atoms with Crippen molar-refractivity contribution in [3.8, 4) is 0 Å². The fraction of sp³-hybridized carbons (Fsp3) is 0.267. The second kappa shape index (κ2) is 6.54. The van der Waals surface area contributed by atoms with Crippen LogP contribution in [0.5, 0.6) is 0 Å². The number of carbonyl (C=O) groups is 1. The molecule has 1 atom stereocenters. The highest BCUT2D eigenvalue weighted by Crippen LogP contribution is 2.21. The maximum atomic E-state index is 11.7. The van der Waals surface area contributed by atoms with Gasteiger partial charge in [-0.2, -0.15) is 11.3 Å². The van der Waals surface area contributed by atoms with Gasteiger partial charge in [-0.15, -0.1) is 0 Å². The first-order chi connectivity index (χ1) is 9.58. The summed E-state index contributed by atoms with van der Waals surface area (Å²) in [6.07, 6.45) is 0. The maximum Gasteiger partial charge on any atom is 0.315 e. The highest BCUT2D eigenvalue weighted by Gasteiger charge is 2.23. The summed E-state index contributed by atoms with van der Waals surface area (Å²) in [6, 6.07) is 11.2. The van der Waals surface area contributed by atoms with E-state index in [-0.39, 0.29) is 12.6 Å². The molecule has 20 heavy (non-hydrogen) atoms. The number of hydrogen-bond acceptors (Lipinski definition) is 3. The van der Waals surface area contributed by atoms with Crippen LogP contribution in [0.25, 0.3) is 0 Å². The molecule has 0 saturated heterocycles. The van der Waals surface area contributed by atoms with E-state index in [9.17, 15) is 9.90 Å². The molecule has 2 aromatic rings. The average Bonchev–Trinajstić information content (AvgIpc) is 2.99.